The van der Waals surface area contributed by atoms with E-state index < -0.39 is 0 Å². The van der Waals surface area contributed by atoms with E-state index in [1.54, 1.807) is 50.4 Å². The van der Waals surface area contributed by atoms with E-state index in [1.807, 2.05) is 37.3 Å². The second-order valence-electron chi connectivity index (χ2n) is 6.88. The quantitative estimate of drug-likeness (QED) is 0.162. The van der Waals surface area contributed by atoms with E-state index in [2.05, 4.69) is 67.7 Å². The lowest BCUT2D eigenvalue weighted by Crippen LogP contribution is -2.08. The molecule has 10 heteroatoms. The molecule has 1 atom stereocenters. The highest BCUT2D eigenvalue weighted by Gasteiger charge is 2.00. The summed E-state index contributed by atoms with van der Waals surface area (Å²) in [6.45, 7) is 2.65. The lowest BCUT2D eigenvalue weighted by molar-refractivity contribution is 0.112. The first-order valence-corrected chi connectivity index (χ1v) is 12.6. The molecule has 0 aliphatic carbocycles. The number of carbonyl (C=O) groups excluding carboxylic acids is 1. The molecule has 0 bridgehead atoms. The van der Waals surface area contributed by atoms with Gasteiger partial charge in [-0.1, -0.05) is 22.0 Å². The Balaban J connectivity index is 0.000000189. The van der Waals surface area contributed by atoms with Crippen LogP contribution in [-0.4, -0.2) is 47.2 Å². The van der Waals surface area contributed by atoms with Crippen molar-refractivity contribution in [2.75, 3.05) is 13.7 Å². The zero-order chi connectivity index (χ0) is 25.5. The summed E-state index contributed by atoms with van der Waals surface area (Å²) >= 11 is 9.91. The minimum Gasteiger partial charge on any atom is -0.445 e. The molecule has 0 fully saturated rings. The van der Waals surface area contributed by atoms with Gasteiger partial charge in [-0.2, -0.15) is 0 Å². The number of oxazole rings is 1. The number of aliphatic imine (C=N–C) groups is 1. The fourth-order valence-corrected chi connectivity index (χ4v) is 3.52. The zero-order valence-corrected chi connectivity index (χ0v) is 23.8. The number of hydrogen-bond acceptors (Lipinski definition) is 7. The van der Waals surface area contributed by atoms with Crippen LogP contribution in [0.5, 0.6) is 0 Å². The highest BCUT2D eigenvalue weighted by molar-refractivity contribution is 9.11. The molecule has 0 N–H and O–H groups in total. The summed E-state index contributed by atoms with van der Waals surface area (Å²) in [5, 5.41) is 0. The number of carbonyl (C=O) groups is 1. The van der Waals surface area contributed by atoms with Gasteiger partial charge in [0.2, 0.25) is 5.89 Å². The van der Waals surface area contributed by atoms with Gasteiger partial charge >= 0.3 is 0 Å². The fourth-order valence-electron chi connectivity index (χ4n) is 2.36. The summed E-state index contributed by atoms with van der Waals surface area (Å²) in [6.07, 6.45) is 12.6. The molecule has 35 heavy (non-hydrogen) atoms. The van der Waals surface area contributed by atoms with Crippen LogP contribution in [0.25, 0.3) is 11.5 Å². The van der Waals surface area contributed by atoms with Gasteiger partial charge in [0.1, 0.15) is 6.26 Å². The van der Waals surface area contributed by atoms with Crippen LogP contribution in [0.2, 0.25) is 0 Å². The first-order valence-electron chi connectivity index (χ1n) is 10.3. The number of halogens is 3. The molecule has 182 valence electrons. The highest BCUT2D eigenvalue weighted by atomic mass is 79.9. The van der Waals surface area contributed by atoms with Crippen molar-refractivity contribution in [3.63, 3.8) is 0 Å². The third-order valence-corrected chi connectivity index (χ3v) is 5.46. The van der Waals surface area contributed by atoms with E-state index in [1.165, 1.54) is 6.20 Å². The fraction of sp³-hybridized carbons (Fsp3) is 0.160. The van der Waals surface area contributed by atoms with Crippen molar-refractivity contribution in [1.82, 2.24) is 15.0 Å². The number of aldehydes is 1. The number of methoxy groups -OCH3 is 1. The summed E-state index contributed by atoms with van der Waals surface area (Å²) in [6, 6.07) is 11.5. The molecule has 0 amide bonds. The van der Waals surface area contributed by atoms with Crippen molar-refractivity contribution < 1.29 is 13.9 Å². The second-order valence-corrected chi connectivity index (χ2v) is 9.63. The number of hydrogen-bond donors (Lipinski definition) is 0. The summed E-state index contributed by atoms with van der Waals surface area (Å²) in [4.78, 5) is 26.2. The Bertz CT molecular complexity index is 1200. The third-order valence-electron chi connectivity index (χ3n) is 4.10. The Labute approximate surface area is 229 Å². The van der Waals surface area contributed by atoms with E-state index >= 15 is 0 Å². The van der Waals surface area contributed by atoms with Gasteiger partial charge in [-0.3, -0.25) is 19.8 Å². The Hall–Kier alpha value is -2.53. The van der Waals surface area contributed by atoms with E-state index in [-0.39, 0.29) is 6.10 Å². The third kappa shape index (κ3) is 11.6. The van der Waals surface area contributed by atoms with Crippen molar-refractivity contribution >= 4 is 60.3 Å². The van der Waals surface area contributed by atoms with Crippen molar-refractivity contribution in [3.05, 3.63) is 98.2 Å². The zero-order valence-electron chi connectivity index (χ0n) is 19.0. The number of pyridine rings is 2. The maximum Gasteiger partial charge on any atom is 0.225 e. The minimum atomic E-state index is 0.159. The number of rotatable bonds is 6. The highest BCUT2D eigenvalue weighted by Crippen LogP contribution is 2.20. The molecule has 1 aromatic carbocycles. The van der Waals surface area contributed by atoms with Gasteiger partial charge in [0.25, 0.3) is 0 Å². The first-order chi connectivity index (χ1) is 16.9. The Morgan fingerprint density at radius 2 is 1.69 bits per heavy atom. The molecular weight excluding hydrogens is 644 g/mol. The van der Waals surface area contributed by atoms with Crippen LogP contribution in [-0.2, 0) is 4.74 Å². The van der Waals surface area contributed by atoms with Gasteiger partial charge in [0.05, 0.1) is 18.8 Å². The predicted octanol–water partition coefficient (Wildman–Crippen LogP) is 7.06. The molecule has 0 aliphatic heterocycles. The van der Waals surface area contributed by atoms with Crippen LogP contribution in [0.15, 0.2) is 96.5 Å². The van der Waals surface area contributed by atoms with Gasteiger partial charge < -0.3 is 9.15 Å². The molecule has 3 heterocycles. The van der Waals surface area contributed by atoms with Gasteiger partial charge in [0, 0.05) is 68.2 Å². The Morgan fingerprint density at radius 1 is 1.00 bits per heavy atom. The van der Waals surface area contributed by atoms with E-state index in [4.69, 9.17) is 9.15 Å². The van der Waals surface area contributed by atoms with Crippen molar-refractivity contribution in [3.8, 4) is 11.5 Å². The molecule has 0 saturated carbocycles. The molecule has 4 aromatic rings. The molecule has 3 aromatic heterocycles. The van der Waals surface area contributed by atoms with Gasteiger partial charge in [0.15, 0.2) is 6.29 Å². The van der Waals surface area contributed by atoms with Crippen LogP contribution >= 0.6 is 47.8 Å². The van der Waals surface area contributed by atoms with Crippen LogP contribution in [0.4, 0.5) is 0 Å². The maximum absolute atomic E-state index is 10.1. The van der Waals surface area contributed by atoms with Crippen LogP contribution in [0.1, 0.15) is 22.8 Å². The molecule has 1 unspecified atom stereocenters. The SMILES string of the molecule is Brc1cccc(-c2ncco2)c1.COC(C)CN=Cc1cncc(Br)c1.O=Cc1cncc(Br)c1. The number of nitrogens with zero attached hydrogens (tertiary/aromatic N) is 4. The molecule has 0 saturated heterocycles. The average molecular weight is 667 g/mol. The normalized spacial score (nSPS) is 11.1. The predicted molar refractivity (Wildman–Crippen MR) is 148 cm³/mol. The van der Waals surface area contributed by atoms with Crippen LogP contribution in [0, 0.1) is 0 Å². The summed E-state index contributed by atoms with van der Waals surface area (Å²) in [5.74, 6) is 0.649. The Morgan fingerprint density at radius 3 is 2.23 bits per heavy atom. The summed E-state index contributed by atoms with van der Waals surface area (Å²) in [7, 11) is 1.68. The average Bonchev–Trinajstić information content (AvgIpc) is 3.40. The molecular formula is C25H23Br3N4O3. The van der Waals surface area contributed by atoms with E-state index in [0.717, 1.165) is 30.8 Å². The number of aromatic nitrogens is 3. The largest absolute Gasteiger partial charge is 0.445 e. The van der Waals surface area contributed by atoms with Crippen molar-refractivity contribution in [2.24, 2.45) is 4.99 Å². The first kappa shape index (κ1) is 28.7. The second kappa shape index (κ2) is 16.2. The van der Waals surface area contributed by atoms with Crippen LogP contribution in [0.3, 0.4) is 0 Å². The molecule has 0 radical (unpaired) electrons. The van der Waals surface area contributed by atoms with Crippen molar-refractivity contribution in [2.45, 2.75) is 13.0 Å². The topological polar surface area (TPSA) is 90.5 Å². The van der Waals surface area contributed by atoms with Gasteiger partial charge in [-0.05, 0) is 69.1 Å². The lowest BCUT2D eigenvalue weighted by atomic mass is 10.2. The maximum atomic E-state index is 10.1. The summed E-state index contributed by atoms with van der Waals surface area (Å²) < 4.78 is 13.0. The summed E-state index contributed by atoms with van der Waals surface area (Å²) in [5.41, 5.74) is 2.56. The lowest BCUT2D eigenvalue weighted by Gasteiger charge is -2.03. The Kier molecular flexibility index (Phi) is 13.3. The monoisotopic (exact) mass is 664 g/mol. The molecule has 0 spiro atoms. The minimum absolute atomic E-state index is 0.159. The molecule has 7 nitrogen and oxygen atoms in total. The van der Waals surface area contributed by atoms with E-state index in [0.29, 0.717) is 18.0 Å². The standard InChI is InChI=1S/C10H13BrN2O.C9H6BrNO.C6H4BrNO/c1-8(14-2)4-12-5-9-3-10(11)7-13-6-9;10-8-3-1-2-7(6-8)9-11-4-5-12-9;7-6-1-5(4-9)2-8-3-6/h3,5-8H,4H2,1-2H3;1-6H;1-4H. The van der Waals surface area contributed by atoms with Gasteiger partial charge in [-0.25, -0.2) is 4.98 Å². The smallest absolute Gasteiger partial charge is 0.225 e. The van der Waals surface area contributed by atoms with Gasteiger partial charge in [-0.15, -0.1) is 0 Å². The number of ether oxygens (including phenoxy) is 1. The van der Waals surface area contributed by atoms with Crippen molar-refractivity contribution in [1.29, 1.82) is 0 Å². The van der Waals surface area contributed by atoms with Crippen LogP contribution < -0.4 is 0 Å². The molecule has 0 aliphatic rings. The molecule has 4 rings (SSSR count). The number of benzene rings is 1. The van der Waals surface area contributed by atoms with E-state index in [9.17, 15) is 4.79 Å².